The van der Waals surface area contributed by atoms with Gasteiger partial charge < -0.3 is 11.5 Å². The van der Waals surface area contributed by atoms with Gasteiger partial charge in [-0.25, -0.2) is 10.9 Å². The number of hydrogen-bond donors (Lipinski definition) is 4. The Hall–Kier alpha value is -1.01. The SMILES string of the molecule is NC1NNC(c2cccnc2)C1N. The number of nitrogens with zero attached hydrogens (tertiary/aromatic N) is 1. The minimum Gasteiger partial charge on any atom is -0.324 e. The third kappa shape index (κ3) is 1.54. The Kier molecular flexibility index (Phi) is 2.24. The van der Waals surface area contributed by atoms with Gasteiger partial charge in [-0.15, -0.1) is 0 Å². The van der Waals surface area contributed by atoms with Gasteiger partial charge >= 0.3 is 0 Å². The summed E-state index contributed by atoms with van der Waals surface area (Å²) < 4.78 is 0. The second kappa shape index (κ2) is 3.39. The zero-order valence-electron chi connectivity index (χ0n) is 7.14. The lowest BCUT2D eigenvalue weighted by Crippen LogP contribution is -2.45. The fourth-order valence-corrected chi connectivity index (χ4v) is 1.45. The highest BCUT2D eigenvalue weighted by molar-refractivity contribution is 5.18. The van der Waals surface area contributed by atoms with Gasteiger partial charge in [0.2, 0.25) is 0 Å². The Balaban J connectivity index is 2.19. The highest BCUT2D eigenvalue weighted by Crippen LogP contribution is 2.18. The fraction of sp³-hybridized carbons (Fsp3) is 0.375. The zero-order chi connectivity index (χ0) is 9.26. The lowest BCUT2D eigenvalue weighted by molar-refractivity contribution is 0.539. The van der Waals surface area contributed by atoms with Gasteiger partial charge in [0.15, 0.2) is 0 Å². The highest BCUT2D eigenvalue weighted by atomic mass is 15.5. The van der Waals surface area contributed by atoms with E-state index in [9.17, 15) is 0 Å². The van der Waals surface area contributed by atoms with Crippen LogP contribution in [-0.2, 0) is 0 Å². The van der Waals surface area contributed by atoms with Crippen LogP contribution in [-0.4, -0.2) is 17.2 Å². The predicted octanol–water partition coefficient (Wildman–Crippen LogP) is -1.16. The molecule has 0 spiro atoms. The van der Waals surface area contributed by atoms with E-state index in [1.54, 1.807) is 12.4 Å². The Morgan fingerprint density at radius 1 is 1.31 bits per heavy atom. The standard InChI is InChI=1S/C8H13N5/c9-6-7(12-13-8(6)10)5-2-1-3-11-4-5/h1-4,6-8,12-13H,9-10H2. The summed E-state index contributed by atoms with van der Waals surface area (Å²) in [6, 6.07) is 3.78. The molecule has 6 N–H and O–H groups in total. The van der Waals surface area contributed by atoms with Gasteiger partial charge in [0.25, 0.3) is 0 Å². The summed E-state index contributed by atoms with van der Waals surface area (Å²) in [4.78, 5) is 4.02. The van der Waals surface area contributed by atoms with Crippen molar-refractivity contribution in [3.8, 4) is 0 Å². The Bertz CT molecular complexity index is 275. The Morgan fingerprint density at radius 3 is 2.69 bits per heavy atom. The molecule has 0 amide bonds. The molecule has 2 rings (SSSR count). The molecule has 1 aliphatic rings. The number of hydrogen-bond acceptors (Lipinski definition) is 5. The van der Waals surface area contributed by atoms with Crippen molar-refractivity contribution in [1.29, 1.82) is 0 Å². The summed E-state index contributed by atoms with van der Waals surface area (Å²) in [6.07, 6.45) is 3.32. The van der Waals surface area contributed by atoms with Crippen molar-refractivity contribution >= 4 is 0 Å². The maximum absolute atomic E-state index is 5.88. The largest absolute Gasteiger partial charge is 0.324 e. The van der Waals surface area contributed by atoms with Gasteiger partial charge in [-0.1, -0.05) is 6.07 Å². The first kappa shape index (κ1) is 8.58. The van der Waals surface area contributed by atoms with Gasteiger partial charge in [-0.3, -0.25) is 4.98 Å². The van der Waals surface area contributed by atoms with Crippen LogP contribution in [0.5, 0.6) is 0 Å². The second-order valence-electron chi connectivity index (χ2n) is 3.16. The summed E-state index contributed by atoms with van der Waals surface area (Å²) in [5.74, 6) is 0. The van der Waals surface area contributed by atoms with Crippen LogP contribution in [0.15, 0.2) is 24.5 Å². The summed E-state index contributed by atoms with van der Waals surface area (Å²) >= 11 is 0. The first-order valence-electron chi connectivity index (χ1n) is 4.21. The number of aromatic nitrogens is 1. The molecule has 3 unspecified atom stereocenters. The number of pyridine rings is 1. The number of nitrogens with one attached hydrogen (secondary N) is 2. The topological polar surface area (TPSA) is 89.0 Å². The van der Waals surface area contributed by atoms with Crippen molar-refractivity contribution in [3.63, 3.8) is 0 Å². The average molecular weight is 179 g/mol. The minimum atomic E-state index is -0.204. The van der Waals surface area contributed by atoms with E-state index in [1.165, 1.54) is 0 Å². The van der Waals surface area contributed by atoms with E-state index in [0.717, 1.165) is 5.56 Å². The first-order chi connectivity index (χ1) is 6.29. The number of nitrogens with two attached hydrogens (primary N) is 2. The molecule has 13 heavy (non-hydrogen) atoms. The van der Waals surface area contributed by atoms with Gasteiger partial charge in [0.1, 0.15) is 0 Å². The van der Waals surface area contributed by atoms with Crippen LogP contribution < -0.4 is 22.3 Å². The molecule has 0 radical (unpaired) electrons. The molecule has 2 heterocycles. The Morgan fingerprint density at radius 2 is 2.15 bits per heavy atom. The molecule has 1 fully saturated rings. The van der Waals surface area contributed by atoms with Gasteiger partial charge in [0.05, 0.1) is 18.2 Å². The second-order valence-corrected chi connectivity index (χ2v) is 3.16. The third-order valence-electron chi connectivity index (χ3n) is 2.25. The van der Waals surface area contributed by atoms with Crippen LogP contribution in [0, 0.1) is 0 Å². The van der Waals surface area contributed by atoms with Gasteiger partial charge in [-0.2, -0.15) is 0 Å². The van der Waals surface area contributed by atoms with E-state index < -0.39 is 0 Å². The molecule has 0 aromatic carbocycles. The summed E-state index contributed by atoms with van der Waals surface area (Å²) in [5.41, 5.74) is 18.5. The number of rotatable bonds is 1. The van der Waals surface area contributed by atoms with Gasteiger partial charge in [-0.05, 0) is 11.6 Å². The molecule has 0 saturated carbocycles. The van der Waals surface area contributed by atoms with Crippen LogP contribution in [0.2, 0.25) is 0 Å². The summed E-state index contributed by atoms with van der Waals surface area (Å²) in [7, 11) is 0. The Labute approximate surface area is 76.5 Å². The van der Waals surface area contributed by atoms with E-state index in [-0.39, 0.29) is 18.2 Å². The smallest absolute Gasteiger partial charge is 0.0851 e. The van der Waals surface area contributed by atoms with Crippen LogP contribution in [0.1, 0.15) is 11.6 Å². The average Bonchev–Trinajstić information content (AvgIpc) is 2.49. The molecule has 5 heteroatoms. The normalized spacial score (nSPS) is 33.5. The molecule has 1 aromatic heterocycles. The monoisotopic (exact) mass is 179 g/mol. The van der Waals surface area contributed by atoms with E-state index in [2.05, 4.69) is 15.8 Å². The molecule has 5 nitrogen and oxygen atoms in total. The van der Waals surface area contributed by atoms with E-state index >= 15 is 0 Å². The summed E-state index contributed by atoms with van der Waals surface area (Å²) in [6.45, 7) is 0. The van der Waals surface area contributed by atoms with Crippen molar-refractivity contribution in [2.24, 2.45) is 11.5 Å². The van der Waals surface area contributed by atoms with E-state index in [0.29, 0.717) is 0 Å². The molecule has 1 saturated heterocycles. The van der Waals surface area contributed by atoms with Crippen molar-refractivity contribution < 1.29 is 0 Å². The van der Waals surface area contributed by atoms with Gasteiger partial charge in [0, 0.05) is 12.4 Å². The lowest BCUT2D eigenvalue weighted by Gasteiger charge is -2.15. The molecule has 3 atom stereocenters. The molecule has 0 aliphatic carbocycles. The summed E-state index contributed by atoms with van der Waals surface area (Å²) in [5, 5.41) is 0. The van der Waals surface area contributed by atoms with Crippen molar-refractivity contribution in [3.05, 3.63) is 30.1 Å². The number of hydrazine groups is 1. The maximum atomic E-state index is 5.88. The lowest BCUT2D eigenvalue weighted by atomic mass is 10.0. The van der Waals surface area contributed by atoms with Crippen molar-refractivity contribution in [1.82, 2.24) is 15.8 Å². The highest BCUT2D eigenvalue weighted by Gasteiger charge is 2.31. The third-order valence-corrected chi connectivity index (χ3v) is 2.25. The first-order valence-corrected chi connectivity index (χ1v) is 4.21. The molecular formula is C8H13N5. The predicted molar refractivity (Wildman–Crippen MR) is 49.2 cm³/mol. The quantitative estimate of drug-likeness (QED) is 0.437. The molecular weight excluding hydrogens is 166 g/mol. The maximum Gasteiger partial charge on any atom is 0.0851 e. The van der Waals surface area contributed by atoms with Crippen LogP contribution in [0.25, 0.3) is 0 Å². The minimum absolute atomic E-state index is 0.0451. The molecule has 1 aromatic rings. The van der Waals surface area contributed by atoms with Crippen molar-refractivity contribution in [2.75, 3.05) is 0 Å². The molecule has 70 valence electrons. The van der Waals surface area contributed by atoms with E-state index in [1.807, 2.05) is 12.1 Å². The van der Waals surface area contributed by atoms with E-state index in [4.69, 9.17) is 11.5 Å². The fourth-order valence-electron chi connectivity index (χ4n) is 1.45. The molecule has 1 aliphatic heterocycles. The van der Waals surface area contributed by atoms with Crippen LogP contribution in [0.3, 0.4) is 0 Å². The van der Waals surface area contributed by atoms with Crippen LogP contribution >= 0.6 is 0 Å². The zero-order valence-corrected chi connectivity index (χ0v) is 7.14. The van der Waals surface area contributed by atoms with Crippen molar-refractivity contribution in [2.45, 2.75) is 18.2 Å². The molecule has 0 bridgehead atoms. The van der Waals surface area contributed by atoms with Crippen LogP contribution in [0.4, 0.5) is 0 Å².